The summed E-state index contributed by atoms with van der Waals surface area (Å²) in [4.78, 5) is 11.5. The van der Waals surface area contributed by atoms with Gasteiger partial charge >= 0.3 is 0 Å². The molecule has 1 aromatic rings. The van der Waals surface area contributed by atoms with Crippen LogP contribution in [0.3, 0.4) is 0 Å². The molecule has 0 spiro atoms. The number of amides is 1. The molecule has 0 aliphatic carbocycles. The van der Waals surface area contributed by atoms with Gasteiger partial charge in [0.05, 0.1) is 18.3 Å². The van der Waals surface area contributed by atoms with Crippen molar-refractivity contribution in [3.05, 3.63) is 18.0 Å². The van der Waals surface area contributed by atoms with Crippen LogP contribution in [-0.4, -0.2) is 33.8 Å². The Kier molecular flexibility index (Phi) is 3.05. The summed E-state index contributed by atoms with van der Waals surface area (Å²) in [6, 6.07) is 1.81. The molecule has 1 aliphatic rings. The van der Waals surface area contributed by atoms with E-state index >= 15 is 0 Å². The van der Waals surface area contributed by atoms with Crippen LogP contribution in [0, 0.1) is 0 Å². The molecule has 6 heteroatoms. The molecule has 1 saturated heterocycles. The molecule has 1 unspecified atom stereocenters. The van der Waals surface area contributed by atoms with E-state index in [1.165, 1.54) is 0 Å². The maximum Gasteiger partial charge on any atom is 0.238 e. The van der Waals surface area contributed by atoms with Crippen LogP contribution < -0.4 is 10.6 Å². The summed E-state index contributed by atoms with van der Waals surface area (Å²) in [5, 5.41) is 12.5. The predicted octanol–water partition coefficient (Wildman–Crippen LogP) is -0.312. The van der Waals surface area contributed by atoms with E-state index in [9.17, 15) is 4.79 Å². The van der Waals surface area contributed by atoms with Gasteiger partial charge in [-0.15, -0.1) is 11.8 Å². The van der Waals surface area contributed by atoms with Crippen LogP contribution >= 0.6 is 11.8 Å². The van der Waals surface area contributed by atoms with E-state index in [2.05, 4.69) is 20.8 Å². The number of carbonyl (C=O) groups excluding carboxylic acids is 1. The summed E-state index contributed by atoms with van der Waals surface area (Å²) in [6.45, 7) is 0.516. The average Bonchev–Trinajstić information content (AvgIpc) is 2.87. The lowest BCUT2D eigenvalue weighted by atomic mass is 10.3. The zero-order valence-electron chi connectivity index (χ0n) is 7.62. The second kappa shape index (κ2) is 4.47. The van der Waals surface area contributed by atoms with Crippen molar-refractivity contribution in [2.45, 2.75) is 12.6 Å². The van der Waals surface area contributed by atoms with Crippen molar-refractivity contribution in [2.75, 3.05) is 11.6 Å². The van der Waals surface area contributed by atoms with Gasteiger partial charge in [-0.1, -0.05) is 0 Å². The lowest BCUT2D eigenvalue weighted by Crippen LogP contribution is -2.41. The number of hydrogen-bond acceptors (Lipinski definition) is 4. The molecule has 0 radical (unpaired) electrons. The van der Waals surface area contributed by atoms with E-state index in [1.54, 1.807) is 18.0 Å². The zero-order chi connectivity index (χ0) is 9.80. The van der Waals surface area contributed by atoms with Gasteiger partial charge in [-0.2, -0.15) is 5.10 Å². The molecule has 14 heavy (non-hydrogen) atoms. The fourth-order valence-corrected chi connectivity index (χ4v) is 2.19. The summed E-state index contributed by atoms with van der Waals surface area (Å²) in [5.41, 5.74) is 0.920. The van der Waals surface area contributed by atoms with Crippen molar-refractivity contribution in [1.29, 1.82) is 0 Å². The van der Waals surface area contributed by atoms with Gasteiger partial charge in [0.1, 0.15) is 0 Å². The largest absolute Gasteiger partial charge is 0.349 e. The van der Waals surface area contributed by atoms with Crippen LogP contribution in [0.2, 0.25) is 0 Å². The van der Waals surface area contributed by atoms with Crippen LogP contribution in [0.4, 0.5) is 0 Å². The molecule has 1 amide bonds. The Morgan fingerprint density at radius 3 is 3.36 bits per heavy atom. The van der Waals surface area contributed by atoms with Crippen molar-refractivity contribution < 1.29 is 4.79 Å². The highest BCUT2D eigenvalue weighted by Crippen LogP contribution is 2.09. The number of aromatic amines is 1. The van der Waals surface area contributed by atoms with E-state index < -0.39 is 0 Å². The second-order valence-corrected chi connectivity index (χ2v) is 4.10. The van der Waals surface area contributed by atoms with Crippen LogP contribution in [-0.2, 0) is 11.3 Å². The number of rotatable bonds is 3. The molecule has 5 nitrogen and oxygen atoms in total. The number of nitrogens with one attached hydrogen (secondary N) is 3. The molecule has 3 N–H and O–H groups in total. The molecule has 76 valence electrons. The molecule has 1 aliphatic heterocycles. The molecule has 1 atom stereocenters. The molecular weight excluding hydrogens is 200 g/mol. The number of carbonyl (C=O) groups is 1. The fourth-order valence-electron chi connectivity index (χ4n) is 1.25. The van der Waals surface area contributed by atoms with Gasteiger partial charge < -0.3 is 5.32 Å². The normalized spacial score (nSPS) is 21.0. The number of H-pyrrole nitrogens is 1. The monoisotopic (exact) mass is 212 g/mol. The van der Waals surface area contributed by atoms with Crippen molar-refractivity contribution in [2.24, 2.45) is 0 Å². The third kappa shape index (κ3) is 2.27. The number of thioether (sulfide) groups is 1. The lowest BCUT2D eigenvalue weighted by Gasteiger charge is -2.08. The molecule has 0 aromatic carbocycles. The molecule has 0 bridgehead atoms. The van der Waals surface area contributed by atoms with Gasteiger partial charge in [-0.25, -0.2) is 0 Å². The summed E-state index contributed by atoms with van der Waals surface area (Å²) >= 11 is 1.74. The summed E-state index contributed by atoms with van der Waals surface area (Å²) in [7, 11) is 0. The Bertz CT molecular complexity index is 294. The summed E-state index contributed by atoms with van der Waals surface area (Å²) in [6.07, 6.45) is 1.67. The van der Waals surface area contributed by atoms with Gasteiger partial charge in [-0.05, 0) is 6.07 Å². The first kappa shape index (κ1) is 9.54. The number of nitrogens with zero attached hydrogens (tertiary/aromatic N) is 1. The molecule has 1 aromatic heterocycles. The summed E-state index contributed by atoms with van der Waals surface area (Å²) < 4.78 is 0. The van der Waals surface area contributed by atoms with Crippen LogP contribution in [0.15, 0.2) is 12.3 Å². The predicted molar refractivity (Wildman–Crippen MR) is 54.7 cm³/mol. The van der Waals surface area contributed by atoms with E-state index in [-0.39, 0.29) is 11.9 Å². The van der Waals surface area contributed by atoms with Crippen LogP contribution in [0.1, 0.15) is 5.69 Å². The molecule has 1 fully saturated rings. The first-order valence-corrected chi connectivity index (χ1v) is 5.59. The van der Waals surface area contributed by atoms with Gasteiger partial charge in [-0.3, -0.25) is 15.2 Å². The summed E-state index contributed by atoms with van der Waals surface area (Å²) in [5.74, 6) is 1.78. The number of aromatic nitrogens is 2. The molecule has 2 heterocycles. The van der Waals surface area contributed by atoms with Gasteiger partial charge in [0, 0.05) is 17.8 Å². The highest BCUT2D eigenvalue weighted by atomic mass is 32.2. The van der Waals surface area contributed by atoms with Crippen LogP contribution in [0.5, 0.6) is 0 Å². The van der Waals surface area contributed by atoms with Crippen molar-refractivity contribution >= 4 is 17.7 Å². The van der Waals surface area contributed by atoms with Crippen molar-refractivity contribution in [3.8, 4) is 0 Å². The van der Waals surface area contributed by atoms with E-state index in [4.69, 9.17) is 0 Å². The minimum absolute atomic E-state index is 0.0390. The van der Waals surface area contributed by atoms with Gasteiger partial charge in [0.2, 0.25) is 5.91 Å². The number of hydrogen-bond donors (Lipinski definition) is 3. The smallest absolute Gasteiger partial charge is 0.238 e. The SMILES string of the molecule is O=C(NCc1ccn[nH]1)C1CSCN1. The third-order valence-electron chi connectivity index (χ3n) is 2.04. The maximum atomic E-state index is 11.5. The second-order valence-electron chi connectivity index (χ2n) is 3.07. The highest BCUT2D eigenvalue weighted by molar-refractivity contribution is 7.99. The van der Waals surface area contributed by atoms with E-state index in [0.29, 0.717) is 6.54 Å². The minimum atomic E-state index is -0.0390. The Morgan fingerprint density at radius 1 is 1.79 bits per heavy atom. The third-order valence-corrected chi connectivity index (χ3v) is 2.98. The molecule has 2 rings (SSSR count). The Labute approximate surface area is 86.0 Å². The minimum Gasteiger partial charge on any atom is -0.349 e. The molecule has 0 saturated carbocycles. The topological polar surface area (TPSA) is 69.8 Å². The lowest BCUT2D eigenvalue weighted by molar-refractivity contribution is -0.122. The quantitative estimate of drug-likeness (QED) is 0.643. The maximum absolute atomic E-state index is 11.5. The van der Waals surface area contributed by atoms with Gasteiger partial charge in [0.15, 0.2) is 0 Å². The van der Waals surface area contributed by atoms with Crippen molar-refractivity contribution in [3.63, 3.8) is 0 Å². The van der Waals surface area contributed by atoms with Gasteiger partial charge in [0.25, 0.3) is 0 Å². The average molecular weight is 212 g/mol. The van der Waals surface area contributed by atoms with Crippen LogP contribution in [0.25, 0.3) is 0 Å². The standard InChI is InChI=1S/C8H12N4OS/c13-8(7-4-14-5-10-7)9-3-6-1-2-11-12-6/h1-2,7,10H,3-5H2,(H,9,13)(H,11,12). The highest BCUT2D eigenvalue weighted by Gasteiger charge is 2.21. The molecular formula is C8H12N4OS. The fraction of sp³-hybridized carbons (Fsp3) is 0.500. The Hall–Kier alpha value is -1.01. The first-order chi connectivity index (χ1) is 6.86. The van der Waals surface area contributed by atoms with E-state index in [0.717, 1.165) is 17.3 Å². The Morgan fingerprint density at radius 2 is 2.71 bits per heavy atom. The zero-order valence-corrected chi connectivity index (χ0v) is 8.43. The first-order valence-electron chi connectivity index (χ1n) is 4.43. The Balaban J connectivity index is 1.77. The van der Waals surface area contributed by atoms with E-state index in [1.807, 2.05) is 6.07 Å². The van der Waals surface area contributed by atoms with Crippen molar-refractivity contribution in [1.82, 2.24) is 20.8 Å².